The first kappa shape index (κ1) is 14.4. The van der Waals surface area contributed by atoms with Crippen LogP contribution in [0.15, 0.2) is 36.4 Å². The van der Waals surface area contributed by atoms with Crippen LogP contribution in [0.3, 0.4) is 0 Å². The van der Waals surface area contributed by atoms with Crippen LogP contribution in [0.1, 0.15) is 18.1 Å². The van der Waals surface area contributed by atoms with Gasteiger partial charge in [0.15, 0.2) is 11.5 Å². The maximum absolute atomic E-state index is 12.7. The highest BCUT2D eigenvalue weighted by atomic mass is 16.7. The van der Waals surface area contributed by atoms with E-state index in [9.17, 15) is 10.1 Å². The van der Waals surface area contributed by atoms with Crippen molar-refractivity contribution in [3.8, 4) is 17.6 Å². The average Bonchev–Trinajstić information content (AvgIpc) is 3.05. The number of hydrogen-bond donors (Lipinski definition) is 1. The largest absolute Gasteiger partial charge is 0.454 e. The molecule has 0 radical (unpaired) electrons. The van der Waals surface area contributed by atoms with Crippen LogP contribution in [0.2, 0.25) is 0 Å². The van der Waals surface area contributed by atoms with Gasteiger partial charge in [-0.15, -0.1) is 0 Å². The third-order valence-corrected chi connectivity index (χ3v) is 4.26. The first-order chi connectivity index (χ1) is 11.7. The highest BCUT2D eigenvalue weighted by Crippen LogP contribution is 2.43. The van der Waals surface area contributed by atoms with Crippen LogP contribution >= 0.6 is 0 Å². The predicted molar refractivity (Wildman–Crippen MR) is 88.0 cm³/mol. The molecule has 2 aliphatic heterocycles. The summed E-state index contributed by atoms with van der Waals surface area (Å²) in [6.07, 6.45) is 0. The zero-order valence-electron chi connectivity index (χ0n) is 13.1. The van der Waals surface area contributed by atoms with Crippen molar-refractivity contribution in [1.82, 2.24) is 0 Å². The van der Waals surface area contributed by atoms with Gasteiger partial charge in [0, 0.05) is 12.1 Å². The van der Waals surface area contributed by atoms with Gasteiger partial charge in [-0.1, -0.05) is 18.2 Å². The van der Waals surface area contributed by atoms with E-state index < -0.39 is 0 Å². The smallest absolute Gasteiger partial charge is 0.249 e. The monoisotopic (exact) mass is 321 g/mol. The number of ether oxygens (including phenoxy) is 2. The number of fused-ring (bicyclic) bond motifs is 2. The van der Waals surface area contributed by atoms with Gasteiger partial charge in [-0.05, 0) is 18.6 Å². The van der Waals surface area contributed by atoms with E-state index in [1.165, 1.54) is 0 Å². The van der Waals surface area contributed by atoms with Gasteiger partial charge in [-0.25, -0.2) is 0 Å². The fourth-order valence-electron chi connectivity index (χ4n) is 3.02. The van der Waals surface area contributed by atoms with Gasteiger partial charge in [0.2, 0.25) is 12.7 Å². The zero-order chi connectivity index (χ0) is 16.7. The second-order valence-corrected chi connectivity index (χ2v) is 5.78. The maximum atomic E-state index is 12.7. The minimum Gasteiger partial charge on any atom is -0.454 e. The predicted octanol–water partition coefficient (Wildman–Crippen LogP) is 2.63. The molecule has 0 saturated carbocycles. The molecule has 2 heterocycles. The summed E-state index contributed by atoms with van der Waals surface area (Å²) in [5, 5.41) is 12.5. The van der Waals surface area contributed by atoms with Crippen LogP contribution in [0.5, 0.6) is 11.5 Å². The van der Waals surface area contributed by atoms with E-state index in [0.29, 0.717) is 23.6 Å². The molecule has 0 saturated heterocycles. The average molecular weight is 321 g/mol. The van der Waals surface area contributed by atoms with Crippen LogP contribution in [-0.2, 0) is 11.3 Å². The highest BCUT2D eigenvalue weighted by molar-refractivity contribution is 6.05. The molecule has 2 aliphatic rings. The standard InChI is InChI=1S/C18H15N3O3/c1-11-18(22)21(9-13-5-3-2-4-12(13)8-19)15-7-17-16(23-10-24-17)6-14(15)20-11/h2-7,11,20H,9-10H2,1H3. The van der Waals surface area contributed by atoms with E-state index in [-0.39, 0.29) is 18.7 Å². The summed E-state index contributed by atoms with van der Waals surface area (Å²) in [4.78, 5) is 14.4. The maximum Gasteiger partial charge on any atom is 0.249 e. The molecule has 120 valence electrons. The second kappa shape index (κ2) is 5.46. The zero-order valence-corrected chi connectivity index (χ0v) is 13.1. The number of carbonyl (C=O) groups is 1. The first-order valence-corrected chi connectivity index (χ1v) is 7.67. The van der Waals surface area contributed by atoms with Crippen LogP contribution < -0.4 is 19.7 Å². The first-order valence-electron chi connectivity index (χ1n) is 7.67. The van der Waals surface area contributed by atoms with Gasteiger partial charge < -0.3 is 19.7 Å². The Balaban J connectivity index is 1.78. The minimum atomic E-state index is -0.355. The Morgan fingerprint density at radius 3 is 2.83 bits per heavy atom. The third-order valence-electron chi connectivity index (χ3n) is 4.26. The molecule has 24 heavy (non-hydrogen) atoms. The summed E-state index contributed by atoms with van der Waals surface area (Å²) in [6, 6.07) is 12.8. The fourth-order valence-corrected chi connectivity index (χ4v) is 3.02. The number of benzene rings is 2. The van der Waals surface area contributed by atoms with E-state index in [0.717, 1.165) is 16.9 Å². The quantitative estimate of drug-likeness (QED) is 0.920. The number of hydrogen-bond acceptors (Lipinski definition) is 5. The normalized spacial score (nSPS) is 17.9. The van der Waals surface area contributed by atoms with Crippen molar-refractivity contribution in [1.29, 1.82) is 5.26 Å². The van der Waals surface area contributed by atoms with Gasteiger partial charge in [-0.2, -0.15) is 5.26 Å². The second-order valence-electron chi connectivity index (χ2n) is 5.78. The molecule has 6 heteroatoms. The molecule has 0 aliphatic carbocycles. The molecule has 1 amide bonds. The number of amides is 1. The lowest BCUT2D eigenvalue weighted by molar-refractivity contribution is -0.119. The van der Waals surface area contributed by atoms with Crippen LogP contribution in [0.4, 0.5) is 11.4 Å². The number of anilines is 2. The van der Waals surface area contributed by atoms with Gasteiger partial charge >= 0.3 is 0 Å². The minimum absolute atomic E-state index is 0.0471. The van der Waals surface area contributed by atoms with Crippen molar-refractivity contribution in [2.45, 2.75) is 19.5 Å². The van der Waals surface area contributed by atoms with Crippen molar-refractivity contribution >= 4 is 17.3 Å². The molecule has 2 aromatic carbocycles. The summed E-state index contributed by atoms with van der Waals surface area (Å²) in [7, 11) is 0. The Morgan fingerprint density at radius 2 is 2.04 bits per heavy atom. The SMILES string of the molecule is CC1Nc2cc3c(cc2N(Cc2ccccc2C#N)C1=O)OCO3. The number of nitrogens with one attached hydrogen (secondary N) is 1. The Kier molecular flexibility index (Phi) is 3.28. The van der Waals surface area contributed by atoms with Crippen LogP contribution in [0, 0.1) is 11.3 Å². The van der Waals surface area contributed by atoms with Crippen molar-refractivity contribution in [2.75, 3.05) is 17.0 Å². The van der Waals surface area contributed by atoms with Crippen molar-refractivity contribution < 1.29 is 14.3 Å². The van der Waals surface area contributed by atoms with E-state index in [2.05, 4.69) is 11.4 Å². The summed E-state index contributed by atoms with van der Waals surface area (Å²) in [6.45, 7) is 2.33. The molecule has 0 bridgehead atoms. The molecule has 0 aromatic heterocycles. The fraction of sp³-hybridized carbons (Fsp3) is 0.222. The number of nitrogens with zero attached hydrogens (tertiary/aromatic N) is 2. The van der Waals surface area contributed by atoms with Gasteiger partial charge in [0.05, 0.1) is 29.6 Å². The van der Waals surface area contributed by atoms with Crippen molar-refractivity contribution in [3.63, 3.8) is 0 Å². The highest BCUT2D eigenvalue weighted by Gasteiger charge is 2.32. The number of nitriles is 1. The lowest BCUT2D eigenvalue weighted by atomic mass is 10.0. The number of rotatable bonds is 2. The molecule has 2 aromatic rings. The summed E-state index contributed by atoms with van der Waals surface area (Å²) in [5.74, 6) is 1.24. The van der Waals surface area contributed by atoms with Crippen LogP contribution in [0.25, 0.3) is 0 Å². The number of carbonyl (C=O) groups excluding carboxylic acids is 1. The van der Waals surface area contributed by atoms with E-state index in [1.807, 2.05) is 37.3 Å². The lowest BCUT2D eigenvalue weighted by Gasteiger charge is -2.34. The van der Waals surface area contributed by atoms with Gasteiger partial charge in [0.1, 0.15) is 6.04 Å². The Hall–Kier alpha value is -3.20. The molecule has 0 fully saturated rings. The van der Waals surface area contributed by atoms with Crippen LogP contribution in [-0.4, -0.2) is 18.7 Å². The van der Waals surface area contributed by atoms with E-state index >= 15 is 0 Å². The lowest BCUT2D eigenvalue weighted by Crippen LogP contribution is -2.45. The summed E-state index contributed by atoms with van der Waals surface area (Å²) in [5.41, 5.74) is 2.93. The van der Waals surface area contributed by atoms with E-state index in [4.69, 9.17) is 9.47 Å². The third kappa shape index (κ3) is 2.22. The van der Waals surface area contributed by atoms with E-state index in [1.54, 1.807) is 11.0 Å². The Labute approximate surface area is 139 Å². The Morgan fingerprint density at radius 1 is 1.29 bits per heavy atom. The molecular formula is C18H15N3O3. The molecule has 6 nitrogen and oxygen atoms in total. The molecule has 1 atom stereocenters. The topological polar surface area (TPSA) is 74.6 Å². The van der Waals surface area contributed by atoms with Crippen molar-refractivity contribution in [3.05, 3.63) is 47.5 Å². The Bertz CT molecular complexity index is 872. The van der Waals surface area contributed by atoms with Crippen molar-refractivity contribution in [2.24, 2.45) is 0 Å². The molecule has 1 unspecified atom stereocenters. The molecule has 4 rings (SSSR count). The summed E-state index contributed by atoms with van der Waals surface area (Å²) >= 11 is 0. The van der Waals surface area contributed by atoms with Gasteiger partial charge in [-0.3, -0.25) is 4.79 Å². The summed E-state index contributed by atoms with van der Waals surface area (Å²) < 4.78 is 10.8. The molecule has 0 spiro atoms. The molecular weight excluding hydrogens is 306 g/mol. The molecule has 1 N–H and O–H groups in total. The van der Waals surface area contributed by atoms with Gasteiger partial charge in [0.25, 0.3) is 0 Å².